The summed E-state index contributed by atoms with van der Waals surface area (Å²) in [6.45, 7) is 3.53. The standard InChI is InChI=1S/C30H34N6O11S2/c1-3-36(4-2)20-7-8-22(27(15-20)48(40,41)42)32-33-23-16-26(47-12-10-38)24(17-25(23)46-11-9-37)34-35-29-28(49(43,44)45)13-18-5-6-19(31)14-21(18)30(29)39/h5-8,13-17,37-39H,3-4,9-12,31H2,1-2H3,(H,40,41,42)(H,43,44,45). The Kier molecular flexibility index (Phi) is 11.7. The minimum absolute atomic E-state index is 0.0721. The van der Waals surface area contributed by atoms with Crippen LogP contribution in [0, 0.1) is 0 Å². The van der Waals surface area contributed by atoms with Crippen molar-refractivity contribution in [2.24, 2.45) is 20.5 Å². The van der Waals surface area contributed by atoms with Crippen molar-refractivity contribution in [1.29, 1.82) is 0 Å². The average Bonchev–Trinajstić information content (AvgIpc) is 3.05. The molecule has 0 amide bonds. The lowest BCUT2D eigenvalue weighted by Gasteiger charge is -2.21. The van der Waals surface area contributed by atoms with Crippen LogP contribution in [0.1, 0.15) is 13.8 Å². The van der Waals surface area contributed by atoms with Gasteiger partial charge in [0.2, 0.25) is 0 Å². The first kappa shape index (κ1) is 36.9. The van der Waals surface area contributed by atoms with Gasteiger partial charge in [-0.05, 0) is 55.6 Å². The Morgan fingerprint density at radius 1 is 0.714 bits per heavy atom. The molecule has 0 bridgehead atoms. The molecule has 0 aliphatic carbocycles. The molecule has 0 atom stereocenters. The van der Waals surface area contributed by atoms with E-state index >= 15 is 0 Å². The smallest absolute Gasteiger partial charge is 0.296 e. The molecule has 0 spiro atoms. The van der Waals surface area contributed by atoms with Gasteiger partial charge in [0.1, 0.15) is 57.3 Å². The molecular weight excluding hydrogens is 684 g/mol. The zero-order chi connectivity index (χ0) is 35.9. The number of fused-ring (bicyclic) bond motifs is 1. The second kappa shape index (κ2) is 15.5. The number of aliphatic hydroxyl groups excluding tert-OH is 2. The number of aliphatic hydroxyl groups is 2. The number of hydrogen-bond donors (Lipinski definition) is 6. The maximum Gasteiger partial charge on any atom is 0.296 e. The average molecular weight is 719 g/mol. The van der Waals surface area contributed by atoms with E-state index in [2.05, 4.69) is 20.5 Å². The quantitative estimate of drug-likeness (QED) is 0.0535. The number of phenolic OH excluding ortho intramolecular Hbond substituents is 1. The number of nitrogen functional groups attached to an aromatic ring is 1. The van der Waals surface area contributed by atoms with Crippen molar-refractivity contribution in [3.63, 3.8) is 0 Å². The van der Waals surface area contributed by atoms with Gasteiger partial charge in [-0.15, -0.1) is 20.5 Å². The summed E-state index contributed by atoms with van der Waals surface area (Å²) in [7, 11) is -9.67. The number of benzene rings is 4. The maximum atomic E-state index is 12.3. The van der Waals surface area contributed by atoms with E-state index in [1.165, 1.54) is 42.5 Å². The zero-order valence-corrected chi connectivity index (χ0v) is 27.9. The van der Waals surface area contributed by atoms with Gasteiger partial charge in [-0.3, -0.25) is 9.11 Å². The summed E-state index contributed by atoms with van der Waals surface area (Å²) in [4.78, 5) is 0.598. The van der Waals surface area contributed by atoms with E-state index < -0.39 is 54.7 Å². The molecule has 0 aliphatic rings. The highest BCUT2D eigenvalue weighted by atomic mass is 32.2. The van der Waals surface area contributed by atoms with Gasteiger partial charge in [-0.2, -0.15) is 16.8 Å². The number of nitrogens with two attached hydrogens (primary N) is 1. The molecule has 4 aromatic carbocycles. The molecule has 4 rings (SSSR count). The van der Waals surface area contributed by atoms with Crippen molar-refractivity contribution < 1.29 is 50.7 Å². The Morgan fingerprint density at radius 3 is 1.80 bits per heavy atom. The van der Waals surface area contributed by atoms with Crippen molar-refractivity contribution in [1.82, 2.24) is 0 Å². The third kappa shape index (κ3) is 8.76. The van der Waals surface area contributed by atoms with Gasteiger partial charge in [0.25, 0.3) is 20.2 Å². The van der Waals surface area contributed by atoms with Gasteiger partial charge in [0, 0.05) is 42.0 Å². The molecule has 49 heavy (non-hydrogen) atoms. The first-order chi connectivity index (χ1) is 23.2. The molecule has 0 aromatic heterocycles. The van der Waals surface area contributed by atoms with Crippen LogP contribution >= 0.6 is 0 Å². The third-order valence-corrected chi connectivity index (χ3v) is 8.72. The first-order valence-electron chi connectivity index (χ1n) is 14.6. The van der Waals surface area contributed by atoms with E-state index in [-0.39, 0.29) is 58.2 Å². The summed E-state index contributed by atoms with van der Waals surface area (Å²) < 4.78 is 80.1. The summed E-state index contributed by atoms with van der Waals surface area (Å²) in [6.07, 6.45) is 0. The summed E-state index contributed by atoms with van der Waals surface area (Å²) in [5.74, 6) is -0.836. The van der Waals surface area contributed by atoms with E-state index in [4.69, 9.17) is 15.2 Å². The van der Waals surface area contributed by atoms with E-state index in [9.17, 15) is 41.3 Å². The summed E-state index contributed by atoms with van der Waals surface area (Å²) in [5, 5.41) is 46.2. The summed E-state index contributed by atoms with van der Waals surface area (Å²) >= 11 is 0. The lowest BCUT2D eigenvalue weighted by molar-refractivity contribution is 0.198. The fourth-order valence-corrected chi connectivity index (χ4v) is 5.98. The maximum absolute atomic E-state index is 12.3. The van der Waals surface area contributed by atoms with Crippen molar-refractivity contribution in [2.45, 2.75) is 23.6 Å². The van der Waals surface area contributed by atoms with Gasteiger partial charge in [0.05, 0.1) is 13.2 Å². The van der Waals surface area contributed by atoms with Crippen LogP contribution in [0.5, 0.6) is 17.2 Å². The van der Waals surface area contributed by atoms with Crippen LogP contribution in [0.25, 0.3) is 10.8 Å². The fourth-order valence-electron chi connectivity index (χ4n) is 4.68. The first-order valence-corrected chi connectivity index (χ1v) is 17.5. The number of hydrogen-bond acceptors (Lipinski definition) is 15. The molecule has 0 heterocycles. The van der Waals surface area contributed by atoms with E-state index in [1.807, 2.05) is 18.7 Å². The number of ether oxygens (including phenoxy) is 2. The fraction of sp³-hybridized carbons (Fsp3) is 0.267. The number of anilines is 2. The normalized spacial score (nSPS) is 12.3. The van der Waals surface area contributed by atoms with Crippen LogP contribution in [-0.2, 0) is 20.2 Å². The number of aromatic hydroxyl groups is 1. The van der Waals surface area contributed by atoms with Crippen LogP contribution in [0.15, 0.2) is 84.8 Å². The summed E-state index contributed by atoms with van der Waals surface area (Å²) in [6, 6.07) is 12.0. The predicted octanol–water partition coefficient (Wildman–Crippen LogP) is 5.04. The SMILES string of the molecule is CCN(CC)c1ccc(N=Nc2cc(OCCO)c(N=Nc3c(S(=O)(=O)O)cc4ccc(N)cc4c3O)cc2OCCO)c(S(=O)(=O)O)c1. The molecule has 0 saturated heterocycles. The number of azo groups is 2. The lowest BCUT2D eigenvalue weighted by atomic mass is 10.1. The minimum Gasteiger partial charge on any atom is -0.505 e. The molecule has 0 saturated carbocycles. The van der Waals surface area contributed by atoms with Crippen LogP contribution < -0.4 is 20.1 Å². The highest BCUT2D eigenvalue weighted by Gasteiger charge is 2.23. The van der Waals surface area contributed by atoms with E-state index in [0.29, 0.717) is 18.8 Å². The Balaban J connectivity index is 1.87. The highest BCUT2D eigenvalue weighted by Crippen LogP contribution is 2.45. The highest BCUT2D eigenvalue weighted by molar-refractivity contribution is 7.86. The van der Waals surface area contributed by atoms with Crippen LogP contribution in [0.4, 0.5) is 34.1 Å². The lowest BCUT2D eigenvalue weighted by Crippen LogP contribution is -2.22. The predicted molar refractivity (Wildman–Crippen MR) is 180 cm³/mol. The van der Waals surface area contributed by atoms with Crippen molar-refractivity contribution >= 4 is 65.1 Å². The van der Waals surface area contributed by atoms with Crippen molar-refractivity contribution in [3.8, 4) is 17.2 Å². The molecule has 0 fully saturated rings. The van der Waals surface area contributed by atoms with Gasteiger partial charge in [-0.25, -0.2) is 0 Å². The molecule has 262 valence electrons. The molecule has 19 heteroatoms. The number of rotatable bonds is 15. The minimum atomic E-state index is -4.92. The van der Waals surface area contributed by atoms with Crippen LogP contribution in [-0.4, -0.2) is 80.8 Å². The molecule has 4 aromatic rings. The van der Waals surface area contributed by atoms with Gasteiger partial charge < -0.3 is 35.4 Å². The zero-order valence-electron chi connectivity index (χ0n) is 26.3. The van der Waals surface area contributed by atoms with Crippen molar-refractivity contribution in [2.75, 3.05) is 50.2 Å². The van der Waals surface area contributed by atoms with Crippen LogP contribution in [0.2, 0.25) is 0 Å². The third-order valence-electron chi connectivity index (χ3n) is 6.97. The molecule has 0 unspecified atom stereocenters. The van der Waals surface area contributed by atoms with E-state index in [1.54, 1.807) is 6.07 Å². The van der Waals surface area contributed by atoms with Crippen LogP contribution in [0.3, 0.4) is 0 Å². The van der Waals surface area contributed by atoms with Gasteiger partial charge in [0.15, 0.2) is 5.75 Å². The summed E-state index contributed by atoms with van der Waals surface area (Å²) in [5.41, 5.74) is 5.56. The number of nitrogens with zero attached hydrogens (tertiary/aromatic N) is 5. The molecular formula is C30H34N6O11S2. The largest absolute Gasteiger partial charge is 0.505 e. The topological polar surface area (TPSA) is 267 Å². The van der Waals surface area contributed by atoms with Gasteiger partial charge >= 0.3 is 0 Å². The molecule has 17 nitrogen and oxygen atoms in total. The second-order valence-electron chi connectivity index (χ2n) is 10.2. The van der Waals surface area contributed by atoms with E-state index in [0.717, 1.165) is 6.07 Å². The Bertz CT molecular complexity index is 2120. The Labute approximate surface area is 281 Å². The molecule has 0 aliphatic heterocycles. The number of phenols is 1. The molecule has 7 N–H and O–H groups in total. The Morgan fingerprint density at radius 2 is 1.27 bits per heavy atom. The monoisotopic (exact) mass is 718 g/mol. The Hall–Kier alpha value is -4.92. The van der Waals surface area contributed by atoms with Gasteiger partial charge in [-0.1, -0.05) is 6.07 Å². The van der Waals surface area contributed by atoms with Crippen molar-refractivity contribution in [3.05, 3.63) is 54.6 Å². The second-order valence-corrected chi connectivity index (χ2v) is 12.9. The molecule has 0 radical (unpaired) electrons.